The Morgan fingerprint density at radius 1 is 0.880 bits per heavy atom. The van der Waals surface area contributed by atoms with Gasteiger partial charge in [-0.1, -0.05) is 30.2 Å². The second-order valence-corrected chi connectivity index (χ2v) is 5.09. The van der Waals surface area contributed by atoms with Crippen molar-refractivity contribution in [1.82, 2.24) is 0 Å². The van der Waals surface area contributed by atoms with E-state index in [1.807, 2.05) is 36.4 Å². The fourth-order valence-electron chi connectivity index (χ4n) is 2.08. The topological polar surface area (TPSA) is 61.8 Å². The number of hydrogen-bond donors (Lipinski definition) is 0. The molecule has 0 aliphatic rings. The van der Waals surface area contributed by atoms with Crippen LogP contribution in [0.4, 0.5) is 0 Å². The third-order valence-electron chi connectivity index (χ3n) is 3.36. The van der Waals surface area contributed by atoms with Gasteiger partial charge in [0, 0.05) is 0 Å². The highest BCUT2D eigenvalue weighted by atomic mass is 16.5. The SMILES string of the molecule is C#CCOC(=O)CCC(=O)Oc1ccc(-c2ccc(OC)cc2)cc1. The van der Waals surface area contributed by atoms with Crippen LogP contribution >= 0.6 is 0 Å². The number of carbonyl (C=O) groups is 2. The minimum Gasteiger partial charge on any atom is -0.497 e. The van der Waals surface area contributed by atoms with Crippen molar-refractivity contribution in [2.45, 2.75) is 12.8 Å². The fraction of sp³-hybridized carbons (Fsp3) is 0.200. The lowest BCUT2D eigenvalue weighted by atomic mass is 10.1. The Kier molecular flexibility index (Phi) is 6.61. The van der Waals surface area contributed by atoms with Crippen LogP contribution in [0.5, 0.6) is 11.5 Å². The molecule has 0 aromatic heterocycles. The van der Waals surface area contributed by atoms with Gasteiger partial charge >= 0.3 is 11.9 Å². The summed E-state index contributed by atoms with van der Waals surface area (Å²) >= 11 is 0. The van der Waals surface area contributed by atoms with Gasteiger partial charge < -0.3 is 14.2 Å². The molecule has 0 heterocycles. The van der Waals surface area contributed by atoms with Gasteiger partial charge in [0.25, 0.3) is 0 Å². The van der Waals surface area contributed by atoms with Crippen molar-refractivity contribution in [3.63, 3.8) is 0 Å². The molecule has 2 aromatic carbocycles. The largest absolute Gasteiger partial charge is 0.497 e. The van der Waals surface area contributed by atoms with E-state index in [1.165, 1.54) is 0 Å². The van der Waals surface area contributed by atoms with Crippen LogP contribution in [0.1, 0.15) is 12.8 Å². The first kappa shape index (κ1) is 18.1. The maximum absolute atomic E-state index is 11.7. The molecule has 0 aliphatic heterocycles. The summed E-state index contributed by atoms with van der Waals surface area (Å²) in [5.41, 5.74) is 2.01. The van der Waals surface area contributed by atoms with Crippen LogP contribution in [0.25, 0.3) is 11.1 Å². The van der Waals surface area contributed by atoms with E-state index in [4.69, 9.17) is 15.9 Å². The van der Waals surface area contributed by atoms with Crippen LogP contribution in [-0.2, 0) is 14.3 Å². The molecule has 5 nitrogen and oxygen atoms in total. The molecule has 0 unspecified atom stereocenters. The van der Waals surface area contributed by atoms with Crippen molar-refractivity contribution >= 4 is 11.9 Å². The molecular formula is C20H18O5. The van der Waals surface area contributed by atoms with E-state index in [9.17, 15) is 9.59 Å². The highest BCUT2D eigenvalue weighted by Gasteiger charge is 2.10. The molecule has 25 heavy (non-hydrogen) atoms. The summed E-state index contributed by atoms with van der Waals surface area (Å²) in [5, 5.41) is 0. The van der Waals surface area contributed by atoms with Crippen LogP contribution < -0.4 is 9.47 Å². The lowest BCUT2D eigenvalue weighted by molar-refractivity contribution is -0.145. The molecule has 0 amide bonds. The van der Waals surface area contributed by atoms with Crippen molar-refractivity contribution in [2.75, 3.05) is 13.7 Å². The second-order valence-electron chi connectivity index (χ2n) is 5.09. The molecule has 0 spiro atoms. The quantitative estimate of drug-likeness (QED) is 0.441. The van der Waals surface area contributed by atoms with Gasteiger partial charge in [-0.15, -0.1) is 6.42 Å². The first-order valence-corrected chi connectivity index (χ1v) is 7.66. The first-order chi connectivity index (χ1) is 12.1. The van der Waals surface area contributed by atoms with Gasteiger partial charge in [-0.2, -0.15) is 0 Å². The van der Waals surface area contributed by atoms with Gasteiger partial charge in [0.2, 0.25) is 0 Å². The van der Waals surface area contributed by atoms with Gasteiger partial charge in [0.05, 0.1) is 20.0 Å². The van der Waals surface area contributed by atoms with E-state index in [2.05, 4.69) is 10.7 Å². The summed E-state index contributed by atoms with van der Waals surface area (Å²) in [4.78, 5) is 23.0. The maximum Gasteiger partial charge on any atom is 0.311 e. The van der Waals surface area contributed by atoms with Crippen LogP contribution in [-0.4, -0.2) is 25.7 Å². The summed E-state index contributed by atoms with van der Waals surface area (Å²) in [7, 11) is 1.62. The van der Waals surface area contributed by atoms with Crippen LogP contribution in [0.3, 0.4) is 0 Å². The van der Waals surface area contributed by atoms with E-state index in [-0.39, 0.29) is 19.4 Å². The molecule has 0 atom stereocenters. The molecule has 0 bridgehead atoms. The van der Waals surface area contributed by atoms with Crippen molar-refractivity contribution in [3.8, 4) is 35.0 Å². The molecule has 2 aromatic rings. The molecule has 0 aliphatic carbocycles. The Bertz CT molecular complexity index is 754. The average Bonchev–Trinajstić information content (AvgIpc) is 2.65. The van der Waals surface area contributed by atoms with Crippen molar-refractivity contribution < 1.29 is 23.8 Å². The van der Waals surface area contributed by atoms with Crippen molar-refractivity contribution in [2.24, 2.45) is 0 Å². The van der Waals surface area contributed by atoms with Crippen LogP contribution in [0.2, 0.25) is 0 Å². The van der Waals surface area contributed by atoms with Crippen molar-refractivity contribution in [1.29, 1.82) is 0 Å². The zero-order valence-corrected chi connectivity index (χ0v) is 13.9. The number of carbonyl (C=O) groups excluding carboxylic acids is 2. The first-order valence-electron chi connectivity index (χ1n) is 7.66. The standard InChI is InChI=1S/C20H18O5/c1-3-14-24-19(21)12-13-20(22)25-18-10-6-16(7-11-18)15-4-8-17(23-2)9-5-15/h1,4-11H,12-14H2,2H3. The Balaban J connectivity index is 1.88. The fourth-order valence-corrected chi connectivity index (χ4v) is 2.08. The maximum atomic E-state index is 11.7. The van der Waals surface area contributed by atoms with Gasteiger partial charge in [0.15, 0.2) is 6.61 Å². The molecule has 0 fully saturated rings. The van der Waals surface area contributed by atoms with Crippen molar-refractivity contribution in [3.05, 3.63) is 48.5 Å². The molecule has 0 N–H and O–H groups in total. The Morgan fingerprint density at radius 2 is 1.40 bits per heavy atom. The average molecular weight is 338 g/mol. The Hall–Kier alpha value is -3.26. The third kappa shape index (κ3) is 5.70. The number of methoxy groups -OCH3 is 1. The summed E-state index contributed by atoms with van der Waals surface area (Å²) in [6.07, 6.45) is 4.85. The normalized spacial score (nSPS) is 9.76. The molecular weight excluding hydrogens is 320 g/mol. The van der Waals surface area contributed by atoms with Gasteiger partial charge in [-0.05, 0) is 35.4 Å². The van der Waals surface area contributed by atoms with E-state index in [0.29, 0.717) is 5.75 Å². The number of terminal acetylenes is 1. The van der Waals surface area contributed by atoms with Gasteiger partial charge in [-0.25, -0.2) is 0 Å². The Labute approximate surface area is 146 Å². The highest BCUT2D eigenvalue weighted by Crippen LogP contribution is 2.24. The molecule has 128 valence electrons. The number of hydrogen-bond acceptors (Lipinski definition) is 5. The lowest BCUT2D eigenvalue weighted by Gasteiger charge is -2.07. The van der Waals surface area contributed by atoms with E-state index < -0.39 is 11.9 Å². The zero-order chi connectivity index (χ0) is 18.1. The number of ether oxygens (including phenoxy) is 3. The monoisotopic (exact) mass is 338 g/mol. The molecule has 0 radical (unpaired) electrons. The highest BCUT2D eigenvalue weighted by molar-refractivity contribution is 5.79. The number of benzene rings is 2. The summed E-state index contributed by atoms with van der Waals surface area (Å²) in [6, 6.07) is 14.8. The van der Waals surface area contributed by atoms with E-state index in [0.717, 1.165) is 16.9 Å². The molecule has 2 rings (SSSR count). The second kappa shape index (κ2) is 9.14. The molecule has 5 heteroatoms. The number of rotatable bonds is 7. The predicted octanol–water partition coefficient (Wildman–Crippen LogP) is 3.22. The van der Waals surface area contributed by atoms with Gasteiger partial charge in [0.1, 0.15) is 11.5 Å². The molecule has 0 saturated heterocycles. The minimum absolute atomic E-state index is 0.0650. The Morgan fingerprint density at radius 3 is 1.92 bits per heavy atom. The third-order valence-corrected chi connectivity index (χ3v) is 3.36. The minimum atomic E-state index is -0.523. The van der Waals surface area contributed by atoms with Crippen LogP contribution in [0.15, 0.2) is 48.5 Å². The summed E-state index contributed by atoms with van der Waals surface area (Å²) in [5.74, 6) is 2.36. The number of esters is 2. The van der Waals surface area contributed by atoms with Crippen LogP contribution in [0, 0.1) is 12.3 Å². The smallest absolute Gasteiger partial charge is 0.311 e. The lowest BCUT2D eigenvalue weighted by Crippen LogP contribution is -2.12. The zero-order valence-electron chi connectivity index (χ0n) is 13.9. The molecule has 0 saturated carbocycles. The predicted molar refractivity (Wildman–Crippen MR) is 93.1 cm³/mol. The van der Waals surface area contributed by atoms with E-state index in [1.54, 1.807) is 19.2 Å². The summed E-state index contributed by atoms with van der Waals surface area (Å²) in [6.45, 7) is -0.0965. The summed E-state index contributed by atoms with van der Waals surface area (Å²) < 4.78 is 15.0. The van der Waals surface area contributed by atoms with E-state index >= 15 is 0 Å². The van der Waals surface area contributed by atoms with Gasteiger partial charge in [-0.3, -0.25) is 9.59 Å².